The Morgan fingerprint density at radius 2 is 2.00 bits per heavy atom. The number of fused-ring (bicyclic) bond motifs is 1. The Morgan fingerprint density at radius 1 is 1.15 bits per heavy atom. The van der Waals surface area contributed by atoms with Gasteiger partial charge in [-0.3, -0.25) is 14.6 Å². The lowest BCUT2D eigenvalue weighted by molar-refractivity contribution is -0.230. The van der Waals surface area contributed by atoms with E-state index in [2.05, 4.69) is 30.9 Å². The van der Waals surface area contributed by atoms with E-state index in [9.17, 15) is 19.8 Å². The van der Waals surface area contributed by atoms with Crippen molar-refractivity contribution < 1.29 is 24.5 Å². The third kappa shape index (κ3) is 3.82. The minimum absolute atomic E-state index is 0.0228. The molecule has 14 heteroatoms. The molecule has 9 N–H and O–H groups in total. The molecule has 39 heavy (non-hydrogen) atoms. The number of ether oxygens (including phenoxy) is 1. The fourth-order valence-corrected chi connectivity index (χ4v) is 5.84. The first-order valence-electron chi connectivity index (χ1n) is 12.6. The molecule has 1 saturated heterocycles. The Labute approximate surface area is 223 Å². The summed E-state index contributed by atoms with van der Waals surface area (Å²) in [6.07, 6.45) is 3.14. The normalized spacial score (nSPS) is 28.1. The van der Waals surface area contributed by atoms with Crippen LogP contribution in [0, 0.1) is 0 Å². The van der Waals surface area contributed by atoms with E-state index in [1.165, 1.54) is 11.1 Å². The first-order chi connectivity index (χ1) is 18.7. The number of hydrogen-bond donors (Lipinski definition) is 7. The fraction of sp³-hybridized carbons (Fsp3) is 0.400. The molecule has 4 aliphatic rings. The van der Waals surface area contributed by atoms with Gasteiger partial charge < -0.3 is 47.3 Å². The summed E-state index contributed by atoms with van der Waals surface area (Å²) in [6, 6.07) is 7.27. The summed E-state index contributed by atoms with van der Waals surface area (Å²) in [4.78, 5) is 40.3. The standard InChI is InChI=1S/C25H29N9O5/c26-22-32-19-16(11-29-21(36)15-8-1-2-9-28-15)30-23(27)34-12-17(25(37,38)24(19,34)33-22)31-20(35)14-7-3-5-13-6-4-10-39-18(13)14/h1-3,5,7-9,16-17,19,37-38H,4,6,10-12H2,(H2,27,30)(H,29,36)(H,31,35)(H3,26,32,33)/t16-,17?,19-,24-/m0/s1. The van der Waals surface area contributed by atoms with E-state index in [0.29, 0.717) is 17.9 Å². The molecule has 0 aliphatic carbocycles. The van der Waals surface area contributed by atoms with Crippen LogP contribution < -0.4 is 32.2 Å². The minimum Gasteiger partial charge on any atom is -0.492 e. The molecule has 0 saturated carbocycles. The van der Waals surface area contributed by atoms with Crippen LogP contribution in [-0.4, -0.2) is 93.1 Å². The number of nitrogens with two attached hydrogens (primary N) is 2. The zero-order valence-electron chi connectivity index (χ0n) is 20.9. The molecule has 5 heterocycles. The molecule has 2 aromatic rings. The van der Waals surface area contributed by atoms with Gasteiger partial charge in [0, 0.05) is 19.3 Å². The Morgan fingerprint density at radius 3 is 2.79 bits per heavy atom. The van der Waals surface area contributed by atoms with E-state index in [0.717, 1.165) is 18.4 Å². The predicted molar refractivity (Wildman–Crippen MR) is 139 cm³/mol. The van der Waals surface area contributed by atoms with Crippen molar-refractivity contribution in [3.8, 4) is 5.75 Å². The zero-order valence-corrected chi connectivity index (χ0v) is 20.9. The first-order valence-corrected chi connectivity index (χ1v) is 12.6. The summed E-state index contributed by atoms with van der Waals surface area (Å²) >= 11 is 0. The monoisotopic (exact) mass is 535 g/mol. The van der Waals surface area contributed by atoms with Gasteiger partial charge in [0.1, 0.15) is 23.5 Å². The highest BCUT2D eigenvalue weighted by atomic mass is 16.5. The number of rotatable bonds is 5. The summed E-state index contributed by atoms with van der Waals surface area (Å²) in [7, 11) is 0. The first kappa shape index (κ1) is 24.9. The van der Waals surface area contributed by atoms with Crippen LogP contribution in [0.5, 0.6) is 5.75 Å². The number of hydrogen-bond acceptors (Lipinski definition) is 12. The molecule has 204 valence electrons. The smallest absolute Gasteiger partial charge is 0.269 e. The Kier molecular flexibility index (Phi) is 5.80. The molecule has 1 fully saturated rings. The van der Waals surface area contributed by atoms with E-state index < -0.39 is 41.4 Å². The van der Waals surface area contributed by atoms with Crippen LogP contribution in [0.3, 0.4) is 0 Å². The highest BCUT2D eigenvalue weighted by molar-refractivity contribution is 5.98. The van der Waals surface area contributed by atoms with Crippen molar-refractivity contribution in [1.29, 1.82) is 0 Å². The van der Waals surface area contributed by atoms with E-state index in [1.54, 1.807) is 30.3 Å². The van der Waals surface area contributed by atoms with Gasteiger partial charge in [-0.05, 0) is 36.6 Å². The summed E-state index contributed by atoms with van der Waals surface area (Å²) in [5.74, 6) is -3.15. The predicted octanol–water partition coefficient (Wildman–Crippen LogP) is -2.39. The third-order valence-electron chi connectivity index (χ3n) is 7.65. The maximum atomic E-state index is 13.4. The molecule has 1 unspecified atom stereocenters. The second-order valence-corrected chi connectivity index (χ2v) is 9.94. The summed E-state index contributed by atoms with van der Waals surface area (Å²) < 4.78 is 5.76. The van der Waals surface area contributed by atoms with Crippen molar-refractivity contribution >= 4 is 23.7 Å². The van der Waals surface area contributed by atoms with Crippen molar-refractivity contribution in [1.82, 2.24) is 25.8 Å². The van der Waals surface area contributed by atoms with Crippen molar-refractivity contribution in [2.75, 3.05) is 19.7 Å². The number of carbonyl (C=O) groups excluding carboxylic acids is 2. The number of amides is 2. The highest BCUT2D eigenvalue weighted by Gasteiger charge is 2.73. The lowest BCUT2D eigenvalue weighted by Crippen LogP contribution is -2.78. The van der Waals surface area contributed by atoms with Crippen molar-refractivity contribution in [3.63, 3.8) is 0 Å². The second-order valence-electron chi connectivity index (χ2n) is 9.94. The van der Waals surface area contributed by atoms with Crippen LogP contribution in [0.2, 0.25) is 0 Å². The van der Waals surface area contributed by atoms with Crippen molar-refractivity contribution in [2.24, 2.45) is 21.5 Å². The molecule has 1 aromatic heterocycles. The van der Waals surface area contributed by atoms with Gasteiger partial charge >= 0.3 is 0 Å². The van der Waals surface area contributed by atoms with E-state index in [1.807, 2.05) is 6.07 Å². The third-order valence-corrected chi connectivity index (χ3v) is 7.65. The van der Waals surface area contributed by atoms with Gasteiger partial charge in [0.2, 0.25) is 5.79 Å². The Bertz CT molecular complexity index is 1380. The lowest BCUT2D eigenvalue weighted by atomic mass is 9.85. The molecular formula is C25H29N9O5. The molecule has 2 amide bonds. The number of nitrogens with one attached hydrogen (secondary N) is 3. The number of benzene rings is 1. The number of carbonyl (C=O) groups is 2. The Hall–Kier alpha value is -4.43. The number of aromatic nitrogens is 1. The van der Waals surface area contributed by atoms with Crippen LogP contribution in [0.4, 0.5) is 0 Å². The Balaban J connectivity index is 1.26. The molecule has 14 nitrogen and oxygen atoms in total. The largest absolute Gasteiger partial charge is 0.492 e. The van der Waals surface area contributed by atoms with Gasteiger partial charge in [0.15, 0.2) is 17.6 Å². The van der Waals surface area contributed by atoms with Gasteiger partial charge in [0.25, 0.3) is 11.8 Å². The SMILES string of the molecule is NC1=N[C@H]2[C@H](CNC(=O)c3ccccn3)N=C(N)N3CC(NC(=O)c4cccc5c4OCCC5)C(O)(O)[C@]23N1. The molecule has 1 spiro atoms. The van der Waals surface area contributed by atoms with Crippen LogP contribution in [0.1, 0.15) is 32.8 Å². The van der Waals surface area contributed by atoms with Gasteiger partial charge in [-0.2, -0.15) is 0 Å². The van der Waals surface area contributed by atoms with Crippen LogP contribution in [-0.2, 0) is 6.42 Å². The maximum absolute atomic E-state index is 13.4. The second kappa shape index (κ2) is 9.10. The zero-order chi connectivity index (χ0) is 27.4. The molecule has 1 aromatic carbocycles. The lowest BCUT2D eigenvalue weighted by Gasteiger charge is -2.49. The van der Waals surface area contributed by atoms with Gasteiger partial charge in [-0.25, -0.2) is 9.98 Å². The van der Waals surface area contributed by atoms with E-state index >= 15 is 0 Å². The number of pyridine rings is 1. The number of aryl methyl sites for hydroxylation is 1. The van der Waals surface area contributed by atoms with Crippen molar-refractivity contribution in [2.45, 2.75) is 42.4 Å². The van der Waals surface area contributed by atoms with Crippen LogP contribution >= 0.6 is 0 Å². The molecule has 4 aliphatic heterocycles. The van der Waals surface area contributed by atoms with Crippen LogP contribution in [0.25, 0.3) is 0 Å². The number of para-hydroxylation sites is 1. The average Bonchev–Trinajstić information content (AvgIpc) is 3.41. The highest BCUT2D eigenvalue weighted by Crippen LogP contribution is 2.44. The molecule has 0 bridgehead atoms. The number of aliphatic hydroxyl groups is 2. The fourth-order valence-electron chi connectivity index (χ4n) is 5.84. The van der Waals surface area contributed by atoms with Gasteiger partial charge in [0.05, 0.1) is 18.2 Å². The summed E-state index contributed by atoms with van der Waals surface area (Å²) in [5.41, 5.74) is 12.0. The van der Waals surface area contributed by atoms with E-state index in [4.69, 9.17) is 16.2 Å². The molecular weight excluding hydrogens is 506 g/mol. The molecule has 6 rings (SSSR count). The van der Waals surface area contributed by atoms with Gasteiger partial charge in [-0.1, -0.05) is 18.2 Å². The number of aliphatic imine (C=N–C) groups is 2. The van der Waals surface area contributed by atoms with Crippen molar-refractivity contribution in [3.05, 3.63) is 59.4 Å². The molecule has 0 radical (unpaired) electrons. The number of guanidine groups is 2. The molecule has 4 atom stereocenters. The topological polar surface area (TPSA) is 213 Å². The van der Waals surface area contributed by atoms with Crippen LogP contribution in [0.15, 0.2) is 52.6 Å². The minimum atomic E-state index is -2.60. The summed E-state index contributed by atoms with van der Waals surface area (Å²) in [6.45, 7) is 0.369. The van der Waals surface area contributed by atoms with Gasteiger partial charge in [-0.15, -0.1) is 0 Å². The van der Waals surface area contributed by atoms with E-state index in [-0.39, 0.29) is 30.7 Å². The summed E-state index contributed by atoms with van der Waals surface area (Å²) in [5, 5.41) is 31.6. The average molecular weight is 536 g/mol. The maximum Gasteiger partial charge on any atom is 0.269 e. The number of nitrogens with zero attached hydrogens (tertiary/aromatic N) is 4. The quantitative estimate of drug-likeness (QED) is 0.202.